The summed E-state index contributed by atoms with van der Waals surface area (Å²) in [5.74, 6) is -1.31. The predicted octanol–water partition coefficient (Wildman–Crippen LogP) is 4.71. The molecule has 34 heavy (non-hydrogen) atoms. The van der Waals surface area contributed by atoms with Crippen LogP contribution in [-0.2, 0) is 4.79 Å². The molecule has 3 aromatic carbocycles. The number of halogens is 2. The van der Waals surface area contributed by atoms with Crippen molar-refractivity contribution < 1.29 is 23.5 Å². The van der Waals surface area contributed by atoms with E-state index in [0.29, 0.717) is 28.0 Å². The number of anilines is 1. The Morgan fingerprint density at radius 1 is 1.06 bits per heavy atom. The highest BCUT2D eigenvalue weighted by molar-refractivity contribution is 6.30. The molecule has 2 unspecified atom stereocenters. The lowest BCUT2D eigenvalue weighted by Gasteiger charge is -2.12. The third-order valence-corrected chi connectivity index (χ3v) is 5.98. The Bertz CT molecular complexity index is 1400. The van der Waals surface area contributed by atoms with E-state index in [9.17, 15) is 19.1 Å². The van der Waals surface area contributed by atoms with Crippen LogP contribution in [0.25, 0.3) is 11.0 Å². The maximum atomic E-state index is 13.3. The number of ketones is 1. The van der Waals surface area contributed by atoms with Crippen molar-refractivity contribution in [1.29, 1.82) is 0 Å². The van der Waals surface area contributed by atoms with Crippen molar-refractivity contribution in [2.45, 2.75) is 18.5 Å². The van der Waals surface area contributed by atoms with Gasteiger partial charge in [-0.15, -0.1) is 0 Å². The molecule has 1 fully saturated rings. The number of nitrogens with one attached hydrogen (secondary N) is 3. The average molecular weight is 480 g/mol. The van der Waals surface area contributed by atoms with Crippen LogP contribution in [-0.4, -0.2) is 22.8 Å². The highest BCUT2D eigenvalue weighted by Crippen LogP contribution is 2.35. The lowest BCUT2D eigenvalue weighted by atomic mass is 10.0. The van der Waals surface area contributed by atoms with Crippen LogP contribution in [0.5, 0.6) is 5.75 Å². The third kappa shape index (κ3) is 4.14. The van der Waals surface area contributed by atoms with Crippen LogP contribution >= 0.6 is 11.6 Å². The molecular formula is C25H19ClFN3O4. The molecule has 4 aromatic rings. The second-order valence-corrected chi connectivity index (χ2v) is 8.40. The largest absolute Gasteiger partial charge is 0.508 e. The minimum atomic E-state index is -0.661. The SMILES string of the molecule is O=C(c1ccc(F)cc1)c1oc2ccccc2c1NC(=O)C1CC(c2cc(Cl)ccc2O)NN1. The average Bonchev–Trinajstić information content (AvgIpc) is 3.46. The zero-order valence-corrected chi connectivity index (χ0v) is 18.4. The van der Waals surface area contributed by atoms with Crippen molar-refractivity contribution in [3.05, 3.63) is 94.5 Å². The van der Waals surface area contributed by atoms with Crippen LogP contribution in [0.15, 0.2) is 71.1 Å². The minimum Gasteiger partial charge on any atom is -0.508 e. The molecule has 1 saturated heterocycles. The molecule has 0 saturated carbocycles. The molecular weight excluding hydrogens is 461 g/mol. The number of hydrazine groups is 1. The van der Waals surface area contributed by atoms with Crippen LogP contribution < -0.4 is 16.2 Å². The summed E-state index contributed by atoms with van der Waals surface area (Å²) in [6, 6.07) is 15.8. The van der Waals surface area contributed by atoms with E-state index < -0.39 is 23.5 Å². The lowest BCUT2D eigenvalue weighted by molar-refractivity contribution is -0.117. The fraction of sp³-hybridized carbons (Fsp3) is 0.120. The lowest BCUT2D eigenvalue weighted by Crippen LogP contribution is -2.39. The van der Waals surface area contributed by atoms with Crippen molar-refractivity contribution in [3.63, 3.8) is 0 Å². The summed E-state index contributed by atoms with van der Waals surface area (Å²) in [6.07, 6.45) is 0.330. The first-order valence-corrected chi connectivity index (χ1v) is 10.9. The molecule has 5 rings (SSSR count). The molecule has 0 spiro atoms. The Kier molecular flexibility index (Phi) is 5.79. The number of rotatable bonds is 5. The number of phenolic OH excluding ortho intramolecular Hbond substituents is 1. The van der Waals surface area contributed by atoms with Crippen molar-refractivity contribution in [2.75, 3.05) is 5.32 Å². The first kappa shape index (κ1) is 22.1. The van der Waals surface area contributed by atoms with Gasteiger partial charge in [0.05, 0.1) is 11.7 Å². The van der Waals surface area contributed by atoms with Crippen molar-refractivity contribution >= 4 is 39.9 Å². The third-order valence-electron chi connectivity index (χ3n) is 5.74. The molecule has 1 aliphatic rings. The van der Waals surface area contributed by atoms with Gasteiger partial charge in [-0.1, -0.05) is 23.7 Å². The van der Waals surface area contributed by atoms with E-state index in [0.717, 1.165) is 0 Å². The standard InChI is InChI=1S/C25H19ClFN3O4/c26-14-7-10-20(31)17(11-14)18-12-19(30-29-18)25(33)28-22-16-3-1-2-4-21(16)34-24(22)23(32)13-5-8-15(27)9-6-13/h1-11,18-19,29-31H,12H2,(H,28,33). The zero-order chi connectivity index (χ0) is 23.8. The van der Waals surface area contributed by atoms with E-state index in [2.05, 4.69) is 16.2 Å². The van der Waals surface area contributed by atoms with E-state index in [4.69, 9.17) is 16.0 Å². The van der Waals surface area contributed by atoms with E-state index in [1.54, 1.807) is 36.4 Å². The summed E-state index contributed by atoms with van der Waals surface area (Å²) in [5, 5.41) is 14.0. The van der Waals surface area contributed by atoms with Gasteiger partial charge in [0.1, 0.15) is 23.2 Å². The fourth-order valence-electron chi connectivity index (χ4n) is 4.01. The summed E-state index contributed by atoms with van der Waals surface area (Å²) in [7, 11) is 0. The molecule has 0 radical (unpaired) electrons. The van der Waals surface area contributed by atoms with Gasteiger partial charge in [0.25, 0.3) is 0 Å². The first-order chi connectivity index (χ1) is 16.4. The van der Waals surface area contributed by atoms with Gasteiger partial charge in [-0.25, -0.2) is 15.2 Å². The zero-order valence-electron chi connectivity index (χ0n) is 17.6. The summed E-state index contributed by atoms with van der Waals surface area (Å²) < 4.78 is 19.1. The van der Waals surface area contributed by atoms with Crippen molar-refractivity contribution in [3.8, 4) is 5.75 Å². The summed E-state index contributed by atoms with van der Waals surface area (Å²) in [4.78, 5) is 26.3. The topological polar surface area (TPSA) is 104 Å². The Morgan fingerprint density at radius 2 is 1.82 bits per heavy atom. The molecule has 2 atom stereocenters. The number of carbonyl (C=O) groups is 2. The van der Waals surface area contributed by atoms with Gasteiger partial charge in [0.15, 0.2) is 5.76 Å². The van der Waals surface area contributed by atoms with Crippen LogP contribution in [0.4, 0.5) is 10.1 Å². The monoisotopic (exact) mass is 479 g/mol. The molecule has 1 aliphatic heterocycles. The molecule has 1 aromatic heterocycles. The number of aromatic hydroxyl groups is 1. The first-order valence-electron chi connectivity index (χ1n) is 10.5. The normalized spacial score (nSPS) is 17.7. The molecule has 1 amide bonds. The number of carbonyl (C=O) groups excluding carboxylic acids is 2. The Morgan fingerprint density at radius 3 is 2.62 bits per heavy atom. The number of fused-ring (bicyclic) bond motifs is 1. The number of phenols is 1. The quantitative estimate of drug-likeness (QED) is 0.309. The fourth-order valence-corrected chi connectivity index (χ4v) is 4.19. The number of hydrogen-bond donors (Lipinski definition) is 4. The number of benzene rings is 3. The number of hydrogen-bond acceptors (Lipinski definition) is 6. The highest BCUT2D eigenvalue weighted by atomic mass is 35.5. The summed E-state index contributed by atoms with van der Waals surface area (Å²) in [5.41, 5.74) is 7.40. The van der Waals surface area contributed by atoms with E-state index in [1.807, 2.05) is 0 Å². The Labute approximate surface area is 198 Å². The van der Waals surface area contributed by atoms with Gasteiger partial charge in [-0.3, -0.25) is 9.59 Å². The van der Waals surface area contributed by atoms with Crippen LogP contribution in [0, 0.1) is 5.82 Å². The maximum Gasteiger partial charge on any atom is 0.243 e. The molecule has 0 bridgehead atoms. The van der Waals surface area contributed by atoms with Crippen LogP contribution in [0.3, 0.4) is 0 Å². The summed E-state index contributed by atoms with van der Waals surface area (Å²) >= 11 is 6.05. The van der Waals surface area contributed by atoms with Gasteiger partial charge in [-0.2, -0.15) is 0 Å². The van der Waals surface area contributed by atoms with Gasteiger partial charge in [0.2, 0.25) is 11.7 Å². The molecule has 172 valence electrons. The van der Waals surface area contributed by atoms with Gasteiger partial charge < -0.3 is 14.8 Å². The van der Waals surface area contributed by atoms with Crippen LogP contribution in [0.2, 0.25) is 5.02 Å². The van der Waals surface area contributed by atoms with Crippen LogP contribution in [0.1, 0.15) is 34.1 Å². The van der Waals surface area contributed by atoms with Crippen molar-refractivity contribution in [1.82, 2.24) is 10.9 Å². The molecule has 7 nitrogen and oxygen atoms in total. The maximum absolute atomic E-state index is 13.3. The van der Waals surface area contributed by atoms with E-state index >= 15 is 0 Å². The molecule has 0 aliphatic carbocycles. The Hall–Kier alpha value is -3.72. The van der Waals surface area contributed by atoms with E-state index in [-0.39, 0.29) is 28.8 Å². The highest BCUT2D eigenvalue weighted by Gasteiger charge is 2.33. The van der Waals surface area contributed by atoms with Gasteiger partial charge >= 0.3 is 0 Å². The summed E-state index contributed by atoms with van der Waals surface area (Å²) in [6.45, 7) is 0. The smallest absolute Gasteiger partial charge is 0.243 e. The van der Waals surface area contributed by atoms with Crippen molar-refractivity contribution in [2.24, 2.45) is 0 Å². The Balaban J connectivity index is 1.42. The number of amides is 1. The van der Waals surface area contributed by atoms with Gasteiger partial charge in [-0.05, 0) is 61.0 Å². The molecule has 2 heterocycles. The second-order valence-electron chi connectivity index (χ2n) is 7.96. The number of para-hydroxylation sites is 1. The molecule has 4 N–H and O–H groups in total. The number of furan rings is 1. The predicted molar refractivity (Wildman–Crippen MR) is 125 cm³/mol. The minimum absolute atomic E-state index is 0.0452. The second kappa shape index (κ2) is 8.90. The van der Waals surface area contributed by atoms with Gasteiger partial charge in [0, 0.05) is 21.5 Å². The molecule has 9 heteroatoms. The van der Waals surface area contributed by atoms with E-state index in [1.165, 1.54) is 30.3 Å².